The van der Waals surface area contributed by atoms with Gasteiger partial charge in [-0.25, -0.2) is 0 Å². The van der Waals surface area contributed by atoms with Crippen molar-refractivity contribution in [3.05, 3.63) is 76.9 Å². The van der Waals surface area contributed by atoms with Crippen LogP contribution in [0.25, 0.3) is 21.9 Å². The molecule has 0 fully saturated rings. The topological polar surface area (TPSA) is 64.9 Å². The third-order valence-corrected chi connectivity index (χ3v) is 4.86. The van der Waals surface area contributed by atoms with Gasteiger partial charge >= 0.3 is 0 Å². The molecule has 0 saturated carbocycles. The number of benzene rings is 2. The van der Waals surface area contributed by atoms with E-state index in [1.165, 1.54) is 19.6 Å². The van der Waals surface area contributed by atoms with Gasteiger partial charge < -0.3 is 13.6 Å². The van der Waals surface area contributed by atoms with Crippen LogP contribution in [0.15, 0.2) is 79.0 Å². The Hall–Kier alpha value is -3.25. The summed E-state index contributed by atoms with van der Waals surface area (Å²) in [6, 6.07) is 9.15. The molecule has 2 aromatic carbocycles. The minimum absolute atomic E-state index is 0.230. The van der Waals surface area contributed by atoms with Gasteiger partial charge in [0.05, 0.1) is 30.0 Å². The van der Waals surface area contributed by atoms with Crippen molar-refractivity contribution < 1.29 is 13.6 Å². The van der Waals surface area contributed by atoms with E-state index in [9.17, 15) is 4.79 Å². The predicted octanol–water partition coefficient (Wildman–Crippen LogP) is 5.32. The second-order valence-corrected chi connectivity index (χ2v) is 6.62. The molecule has 2 aromatic heterocycles. The Bertz CT molecular complexity index is 1280. The van der Waals surface area contributed by atoms with E-state index >= 15 is 0 Å². The summed E-state index contributed by atoms with van der Waals surface area (Å²) < 4.78 is 17.0. The van der Waals surface area contributed by atoms with Crippen molar-refractivity contribution in [3.8, 4) is 5.75 Å². The highest BCUT2D eigenvalue weighted by Gasteiger charge is 2.21. The molecule has 0 N–H and O–H groups in total. The largest absolute Gasteiger partial charge is 0.495 e. The van der Waals surface area contributed by atoms with E-state index in [0.717, 1.165) is 10.5 Å². The number of ether oxygens (including phenoxy) is 1. The van der Waals surface area contributed by atoms with Gasteiger partial charge in [-0.2, -0.15) is 0 Å². The maximum atomic E-state index is 13.2. The Morgan fingerprint density at radius 1 is 1.21 bits per heavy atom. The van der Waals surface area contributed by atoms with Gasteiger partial charge in [-0.15, -0.1) is 19.2 Å². The van der Waals surface area contributed by atoms with Crippen molar-refractivity contribution in [2.24, 2.45) is 4.99 Å². The summed E-state index contributed by atoms with van der Waals surface area (Å²) in [6.45, 7) is 3.79. The second-order valence-electron chi connectivity index (χ2n) is 6.14. The molecule has 2 heterocycles. The number of nitrogens with zero attached hydrogens (tertiary/aromatic N) is 1. The monoisotopic (exact) mass is 391 g/mol. The smallest absolute Gasteiger partial charge is 0.205 e. The quantitative estimate of drug-likeness (QED) is 0.284. The van der Waals surface area contributed by atoms with Gasteiger partial charge in [-0.3, -0.25) is 9.79 Å². The number of rotatable bonds is 5. The molecule has 0 saturated heterocycles. The molecule has 0 aliphatic heterocycles. The average Bonchev–Trinajstić information content (AvgIpc) is 3.18. The van der Waals surface area contributed by atoms with Crippen LogP contribution in [0, 0.1) is 0 Å². The third kappa shape index (κ3) is 2.92. The van der Waals surface area contributed by atoms with E-state index < -0.39 is 0 Å². The van der Waals surface area contributed by atoms with Gasteiger partial charge in [0.25, 0.3) is 0 Å². The number of thiol groups is 1. The Morgan fingerprint density at radius 3 is 2.79 bits per heavy atom. The Labute approximate surface area is 166 Å². The summed E-state index contributed by atoms with van der Waals surface area (Å²) in [5.41, 5.74) is 2.55. The molecular weight excluding hydrogens is 374 g/mol. The van der Waals surface area contributed by atoms with Gasteiger partial charge in [0.1, 0.15) is 28.6 Å². The zero-order chi connectivity index (χ0) is 19.7. The first-order valence-electron chi connectivity index (χ1n) is 8.60. The number of hydrogen-bond acceptors (Lipinski definition) is 6. The fraction of sp³-hybridized carbons (Fsp3) is 0.0909. The van der Waals surface area contributed by atoms with Gasteiger partial charge in [0.15, 0.2) is 0 Å². The first kappa shape index (κ1) is 18.1. The van der Waals surface area contributed by atoms with Gasteiger partial charge in [0, 0.05) is 16.7 Å². The van der Waals surface area contributed by atoms with Crippen molar-refractivity contribution in [1.29, 1.82) is 0 Å². The molecule has 0 unspecified atom stereocenters. The number of furan rings is 1. The number of para-hydroxylation sites is 1. The van der Waals surface area contributed by atoms with Crippen LogP contribution in [-0.4, -0.2) is 13.3 Å². The minimum Gasteiger partial charge on any atom is -0.495 e. The van der Waals surface area contributed by atoms with Gasteiger partial charge in [0.2, 0.25) is 5.43 Å². The van der Waals surface area contributed by atoms with Crippen LogP contribution in [0.1, 0.15) is 11.1 Å². The van der Waals surface area contributed by atoms with Crippen LogP contribution in [0.4, 0.5) is 5.69 Å². The molecule has 4 rings (SSSR count). The molecule has 0 atom stereocenters. The molecule has 0 radical (unpaired) electrons. The molecule has 0 bridgehead atoms. The summed E-state index contributed by atoms with van der Waals surface area (Å²) in [5.74, 6) is 0.421. The maximum absolute atomic E-state index is 13.2. The lowest BCUT2D eigenvalue weighted by Crippen LogP contribution is -2.10. The standard InChI is InChI=1S/C22H17NO4S/c1-3-6-14-20-15(9-10-26-20)21(25-2)18-19(24)13(12-27-22(14)18)11-23-16-7-4-5-8-17(16)28/h3-5,7-12,28H,1,6H2,2H3. The summed E-state index contributed by atoms with van der Waals surface area (Å²) >= 11 is 4.38. The highest BCUT2D eigenvalue weighted by molar-refractivity contribution is 7.80. The molecule has 4 aromatic rings. The highest BCUT2D eigenvalue weighted by atomic mass is 32.1. The average molecular weight is 391 g/mol. The lowest BCUT2D eigenvalue weighted by molar-refractivity contribution is 0.423. The SMILES string of the molecule is C=CCc1c2occc2c(OC)c2c(=O)c(C=Nc3ccccc3S)coc12. The van der Waals surface area contributed by atoms with E-state index in [4.69, 9.17) is 13.6 Å². The lowest BCUT2D eigenvalue weighted by Gasteiger charge is -2.10. The number of aliphatic imine (C=N–C) groups is 1. The van der Waals surface area contributed by atoms with E-state index in [0.29, 0.717) is 45.4 Å². The second kappa shape index (κ2) is 7.40. The molecule has 6 heteroatoms. The number of allylic oxidation sites excluding steroid dienone is 1. The lowest BCUT2D eigenvalue weighted by atomic mass is 10.0. The fourth-order valence-electron chi connectivity index (χ4n) is 3.21. The van der Waals surface area contributed by atoms with Crippen LogP contribution < -0.4 is 10.2 Å². The van der Waals surface area contributed by atoms with Crippen LogP contribution in [0.5, 0.6) is 5.75 Å². The van der Waals surface area contributed by atoms with Crippen LogP contribution >= 0.6 is 12.6 Å². The van der Waals surface area contributed by atoms with Gasteiger partial charge in [-0.05, 0) is 24.6 Å². The fourth-order valence-corrected chi connectivity index (χ4v) is 3.43. The van der Waals surface area contributed by atoms with E-state index in [2.05, 4.69) is 24.2 Å². The first-order chi connectivity index (χ1) is 13.7. The Morgan fingerprint density at radius 2 is 2.04 bits per heavy atom. The summed E-state index contributed by atoms with van der Waals surface area (Å²) in [7, 11) is 1.52. The number of hydrogen-bond donors (Lipinski definition) is 1. The Kier molecular flexibility index (Phi) is 4.79. The first-order valence-corrected chi connectivity index (χ1v) is 9.05. The molecule has 0 aliphatic rings. The van der Waals surface area contributed by atoms with Crippen LogP contribution in [0.3, 0.4) is 0 Å². The van der Waals surface area contributed by atoms with E-state index in [1.807, 2.05) is 24.3 Å². The highest BCUT2D eigenvalue weighted by Crippen LogP contribution is 2.37. The molecule has 0 amide bonds. The molecular formula is C22H17NO4S. The molecule has 0 spiro atoms. The van der Waals surface area contributed by atoms with E-state index in [1.54, 1.807) is 18.4 Å². The minimum atomic E-state index is -0.230. The zero-order valence-electron chi connectivity index (χ0n) is 15.1. The van der Waals surface area contributed by atoms with Crippen molar-refractivity contribution in [2.75, 3.05) is 7.11 Å². The van der Waals surface area contributed by atoms with Gasteiger partial charge in [-0.1, -0.05) is 18.2 Å². The van der Waals surface area contributed by atoms with Crippen molar-refractivity contribution in [3.63, 3.8) is 0 Å². The predicted molar refractivity (Wildman–Crippen MR) is 114 cm³/mol. The van der Waals surface area contributed by atoms with Crippen LogP contribution in [-0.2, 0) is 6.42 Å². The molecule has 5 nitrogen and oxygen atoms in total. The molecule has 0 aliphatic carbocycles. The summed E-state index contributed by atoms with van der Waals surface area (Å²) in [6.07, 6.45) is 6.67. The summed E-state index contributed by atoms with van der Waals surface area (Å²) in [5, 5.41) is 1.07. The zero-order valence-corrected chi connectivity index (χ0v) is 16.0. The van der Waals surface area contributed by atoms with E-state index in [-0.39, 0.29) is 5.43 Å². The molecule has 140 valence electrons. The summed E-state index contributed by atoms with van der Waals surface area (Å²) in [4.78, 5) is 18.3. The normalized spacial score (nSPS) is 11.5. The number of methoxy groups -OCH3 is 1. The maximum Gasteiger partial charge on any atom is 0.205 e. The van der Waals surface area contributed by atoms with Crippen molar-refractivity contribution in [1.82, 2.24) is 0 Å². The van der Waals surface area contributed by atoms with Crippen molar-refractivity contribution >= 4 is 46.5 Å². The van der Waals surface area contributed by atoms with Crippen LogP contribution in [0.2, 0.25) is 0 Å². The Balaban J connectivity index is 1.98. The number of fused-ring (bicyclic) bond motifs is 2. The van der Waals surface area contributed by atoms with Crippen molar-refractivity contribution in [2.45, 2.75) is 11.3 Å². The third-order valence-electron chi connectivity index (χ3n) is 4.48. The molecule has 28 heavy (non-hydrogen) atoms.